The number of allylic oxidation sites excluding steroid dienone is 2. The Hall–Kier alpha value is -4.31. The zero-order valence-corrected chi connectivity index (χ0v) is 22.8. The van der Waals surface area contributed by atoms with Gasteiger partial charge in [-0.15, -0.1) is 11.3 Å². The number of nitrogens with two attached hydrogens (primary N) is 1. The van der Waals surface area contributed by atoms with Crippen LogP contribution in [0.3, 0.4) is 0 Å². The van der Waals surface area contributed by atoms with Crippen molar-refractivity contribution in [2.24, 2.45) is 11.7 Å². The van der Waals surface area contributed by atoms with Crippen LogP contribution in [-0.2, 0) is 23.9 Å². The quantitative estimate of drug-likeness (QED) is 0.323. The van der Waals surface area contributed by atoms with Crippen LogP contribution in [0.15, 0.2) is 89.0 Å². The molecule has 5 rings (SSSR count). The lowest BCUT2D eigenvalue weighted by Crippen LogP contribution is -2.46. The Morgan fingerprint density at radius 2 is 1.85 bits per heavy atom. The number of carbonyl (C=O) groups is 3. The topological polar surface area (TPSA) is 112 Å². The Morgan fingerprint density at radius 3 is 2.48 bits per heavy atom. The van der Waals surface area contributed by atoms with Gasteiger partial charge in [0, 0.05) is 40.1 Å². The van der Waals surface area contributed by atoms with Crippen molar-refractivity contribution < 1.29 is 28.2 Å². The standard InChI is InChI=1S/C30H28FN3O5S/c1-3-38-29(36)24-20(22-8-6-14-40-22)15-21-25(27(24)35)23(17-7-5-13-33-16-17)26(30(37)39-4-2)28(32)34(21)19-11-9-18(31)10-12-19/h5-14,16,20,23-24H,3-4,15,32H2,1-2H3/t20-,23-,24+/m1/s1. The van der Waals surface area contributed by atoms with Crippen molar-refractivity contribution in [1.29, 1.82) is 0 Å². The molecule has 0 saturated heterocycles. The number of thiophene rings is 1. The van der Waals surface area contributed by atoms with E-state index in [-0.39, 0.29) is 36.6 Å². The highest BCUT2D eigenvalue weighted by Gasteiger charge is 2.51. The third-order valence-corrected chi connectivity index (χ3v) is 8.09. The van der Waals surface area contributed by atoms with Crippen LogP contribution in [0.25, 0.3) is 0 Å². The second kappa shape index (κ2) is 11.4. The molecule has 0 saturated carbocycles. The molecule has 3 heterocycles. The van der Waals surface area contributed by atoms with Gasteiger partial charge in [0.15, 0.2) is 5.78 Å². The first-order valence-corrected chi connectivity index (χ1v) is 13.8. The summed E-state index contributed by atoms with van der Waals surface area (Å²) in [4.78, 5) is 48.0. The number of aromatic nitrogens is 1. The van der Waals surface area contributed by atoms with Crippen molar-refractivity contribution in [3.8, 4) is 0 Å². The minimum atomic E-state index is -1.13. The number of esters is 2. The van der Waals surface area contributed by atoms with Crippen LogP contribution in [0.4, 0.5) is 10.1 Å². The molecular formula is C30H28FN3O5S. The Morgan fingerprint density at radius 1 is 1.10 bits per heavy atom. The molecule has 0 fully saturated rings. The molecule has 0 radical (unpaired) electrons. The first-order valence-electron chi connectivity index (χ1n) is 13.0. The van der Waals surface area contributed by atoms with Gasteiger partial charge in [-0.3, -0.25) is 19.5 Å². The summed E-state index contributed by atoms with van der Waals surface area (Å²) < 4.78 is 24.7. The van der Waals surface area contributed by atoms with Crippen molar-refractivity contribution in [2.45, 2.75) is 32.1 Å². The maximum absolute atomic E-state index is 14.6. The van der Waals surface area contributed by atoms with E-state index in [1.165, 1.54) is 35.6 Å². The molecule has 3 aromatic rings. The Balaban J connectivity index is 1.80. The summed E-state index contributed by atoms with van der Waals surface area (Å²) in [7, 11) is 0. The van der Waals surface area contributed by atoms with Crippen molar-refractivity contribution >= 4 is 34.7 Å². The van der Waals surface area contributed by atoms with Gasteiger partial charge in [-0.1, -0.05) is 12.1 Å². The van der Waals surface area contributed by atoms with Gasteiger partial charge >= 0.3 is 11.9 Å². The number of carbonyl (C=O) groups excluding carboxylic acids is 3. The molecule has 10 heteroatoms. The SMILES string of the molecule is CCOC(=O)C1=C(N)N(c2ccc(F)cc2)C2=C(C(=O)[C@@H](C(=O)OCC)[C@@H](c3cccs3)C2)[C@H]1c1cccnc1. The van der Waals surface area contributed by atoms with Gasteiger partial charge < -0.3 is 15.2 Å². The van der Waals surface area contributed by atoms with Crippen LogP contribution in [0.1, 0.15) is 42.5 Å². The molecule has 1 aliphatic heterocycles. The molecule has 0 unspecified atom stereocenters. The van der Waals surface area contributed by atoms with Gasteiger partial charge in [0.25, 0.3) is 0 Å². The van der Waals surface area contributed by atoms with Gasteiger partial charge in [-0.25, -0.2) is 9.18 Å². The molecule has 8 nitrogen and oxygen atoms in total. The summed E-state index contributed by atoms with van der Waals surface area (Å²) in [5.74, 6) is -4.78. The van der Waals surface area contributed by atoms with Crippen LogP contribution < -0.4 is 10.6 Å². The van der Waals surface area contributed by atoms with E-state index in [0.29, 0.717) is 16.9 Å². The fourth-order valence-electron chi connectivity index (χ4n) is 5.47. The van der Waals surface area contributed by atoms with Crippen molar-refractivity contribution in [3.63, 3.8) is 0 Å². The lowest BCUT2D eigenvalue weighted by molar-refractivity contribution is -0.152. The number of ether oxygens (including phenoxy) is 2. The van der Waals surface area contributed by atoms with Gasteiger partial charge in [-0.05, 0) is 67.6 Å². The molecule has 0 amide bonds. The third-order valence-electron chi connectivity index (χ3n) is 7.09. The number of ketones is 1. The molecule has 206 valence electrons. The number of hydrogen-bond donors (Lipinski definition) is 1. The average Bonchev–Trinajstić information content (AvgIpc) is 3.49. The largest absolute Gasteiger partial charge is 0.465 e. The molecule has 3 atom stereocenters. The van der Waals surface area contributed by atoms with Crippen LogP contribution in [-0.4, -0.2) is 35.9 Å². The second-order valence-corrected chi connectivity index (χ2v) is 10.3. The molecule has 2 aromatic heterocycles. The molecule has 1 aliphatic carbocycles. The van der Waals surface area contributed by atoms with E-state index in [1.54, 1.807) is 43.3 Å². The van der Waals surface area contributed by atoms with E-state index in [2.05, 4.69) is 4.98 Å². The number of rotatable bonds is 7. The van der Waals surface area contributed by atoms with Gasteiger partial charge in [0.1, 0.15) is 17.6 Å². The van der Waals surface area contributed by atoms with Crippen LogP contribution in [0.2, 0.25) is 0 Å². The fourth-order valence-corrected chi connectivity index (χ4v) is 6.34. The molecule has 0 spiro atoms. The fraction of sp³-hybridized carbons (Fsp3) is 0.267. The summed E-state index contributed by atoms with van der Waals surface area (Å²) in [5.41, 5.74) is 8.58. The molecule has 2 N–H and O–H groups in total. The summed E-state index contributed by atoms with van der Waals surface area (Å²) in [5, 5.41) is 1.89. The van der Waals surface area contributed by atoms with Gasteiger partial charge in [0.05, 0.1) is 24.7 Å². The minimum absolute atomic E-state index is 0.0449. The van der Waals surface area contributed by atoms with Crippen molar-refractivity contribution in [3.05, 3.63) is 105 Å². The number of Topliss-reactive ketones (excluding diaryl/α,β-unsaturated/α-hetero) is 1. The van der Waals surface area contributed by atoms with Crippen molar-refractivity contribution in [2.75, 3.05) is 18.1 Å². The van der Waals surface area contributed by atoms with Crippen LogP contribution >= 0.6 is 11.3 Å². The smallest absolute Gasteiger partial charge is 0.338 e. The highest BCUT2D eigenvalue weighted by atomic mass is 32.1. The predicted octanol–water partition coefficient (Wildman–Crippen LogP) is 4.81. The highest BCUT2D eigenvalue weighted by Crippen LogP contribution is 2.52. The summed E-state index contributed by atoms with van der Waals surface area (Å²) in [6.45, 7) is 3.55. The number of anilines is 1. The lowest BCUT2D eigenvalue weighted by atomic mass is 9.68. The normalized spacial score (nSPS) is 20.8. The van der Waals surface area contributed by atoms with Crippen LogP contribution in [0, 0.1) is 11.7 Å². The van der Waals surface area contributed by atoms with E-state index in [9.17, 15) is 18.8 Å². The number of nitrogens with zero attached hydrogens (tertiary/aromatic N) is 2. The van der Waals surface area contributed by atoms with E-state index >= 15 is 0 Å². The summed E-state index contributed by atoms with van der Waals surface area (Å²) in [6, 6.07) is 12.8. The minimum Gasteiger partial charge on any atom is -0.465 e. The molecule has 1 aromatic carbocycles. The maximum atomic E-state index is 14.6. The number of pyridine rings is 1. The number of halogens is 1. The molecule has 0 bridgehead atoms. The second-order valence-electron chi connectivity index (χ2n) is 9.33. The van der Waals surface area contributed by atoms with E-state index < -0.39 is 41.3 Å². The third kappa shape index (κ3) is 4.79. The van der Waals surface area contributed by atoms with E-state index in [1.807, 2.05) is 17.5 Å². The highest BCUT2D eigenvalue weighted by molar-refractivity contribution is 7.10. The summed E-state index contributed by atoms with van der Waals surface area (Å²) in [6.07, 6.45) is 3.39. The van der Waals surface area contributed by atoms with Crippen molar-refractivity contribution in [1.82, 2.24) is 4.98 Å². The predicted molar refractivity (Wildman–Crippen MR) is 148 cm³/mol. The average molecular weight is 562 g/mol. The number of benzene rings is 1. The first-order chi connectivity index (χ1) is 19.4. The molecular weight excluding hydrogens is 533 g/mol. The summed E-state index contributed by atoms with van der Waals surface area (Å²) >= 11 is 1.44. The Kier molecular flexibility index (Phi) is 7.79. The zero-order valence-electron chi connectivity index (χ0n) is 22.0. The Labute approximate surface area is 234 Å². The zero-order chi connectivity index (χ0) is 28.4. The maximum Gasteiger partial charge on any atom is 0.338 e. The first kappa shape index (κ1) is 27.3. The molecule has 40 heavy (non-hydrogen) atoms. The van der Waals surface area contributed by atoms with Crippen LogP contribution in [0.5, 0.6) is 0 Å². The van der Waals surface area contributed by atoms with E-state index in [4.69, 9.17) is 15.2 Å². The number of hydrogen-bond acceptors (Lipinski definition) is 9. The monoisotopic (exact) mass is 561 g/mol. The Bertz CT molecular complexity index is 1490. The lowest BCUT2D eigenvalue weighted by Gasteiger charge is -2.43. The van der Waals surface area contributed by atoms with E-state index in [0.717, 1.165) is 4.88 Å². The molecule has 2 aliphatic rings. The van der Waals surface area contributed by atoms with Gasteiger partial charge in [0.2, 0.25) is 0 Å². The van der Waals surface area contributed by atoms with Gasteiger partial charge in [-0.2, -0.15) is 0 Å².